The first kappa shape index (κ1) is 18.4. The van der Waals surface area contributed by atoms with Crippen LogP contribution in [-0.4, -0.2) is 17.7 Å². The number of hydrogen-bond donors (Lipinski definition) is 1. The summed E-state index contributed by atoms with van der Waals surface area (Å²) >= 11 is 0. The molecule has 0 spiro atoms. The van der Waals surface area contributed by atoms with Crippen LogP contribution >= 0.6 is 0 Å². The van der Waals surface area contributed by atoms with Gasteiger partial charge in [-0.1, -0.05) is 61.7 Å². The average Bonchev–Trinajstić information content (AvgIpc) is 2.55. The summed E-state index contributed by atoms with van der Waals surface area (Å²) in [6.07, 6.45) is 12.1. The van der Waals surface area contributed by atoms with Gasteiger partial charge < -0.3 is 9.84 Å². The van der Waals surface area contributed by atoms with Crippen molar-refractivity contribution >= 4 is 5.97 Å². The number of carbonyl (C=O) groups is 1. The molecule has 122 valence electrons. The number of aliphatic hydroxyl groups excluding tert-OH is 1. The van der Waals surface area contributed by atoms with Crippen LogP contribution in [0, 0.1) is 0 Å². The first-order valence-electron chi connectivity index (χ1n) is 8.28. The fourth-order valence-electron chi connectivity index (χ4n) is 2.15. The standard InChI is InChI=1S/C19H28O3/c20-16-12-7-5-3-1-2-4-6-11-15-19(21)22-17-18-13-9-8-10-14-18/h4,6,8-10,13-14,20H,1-3,5,7,11-12,15-17H2/b6-4+. The highest BCUT2D eigenvalue weighted by Gasteiger charge is 2.01. The molecule has 22 heavy (non-hydrogen) atoms. The summed E-state index contributed by atoms with van der Waals surface area (Å²) in [6.45, 7) is 0.664. The zero-order valence-electron chi connectivity index (χ0n) is 13.4. The molecule has 0 saturated carbocycles. The van der Waals surface area contributed by atoms with E-state index in [0.29, 0.717) is 19.6 Å². The van der Waals surface area contributed by atoms with Crippen LogP contribution < -0.4 is 0 Å². The van der Waals surface area contributed by atoms with Crippen LogP contribution in [0.4, 0.5) is 0 Å². The fourth-order valence-corrected chi connectivity index (χ4v) is 2.15. The molecular weight excluding hydrogens is 276 g/mol. The van der Waals surface area contributed by atoms with Gasteiger partial charge in [0.2, 0.25) is 0 Å². The Hall–Kier alpha value is -1.61. The van der Waals surface area contributed by atoms with E-state index in [1.165, 1.54) is 19.3 Å². The molecule has 0 aliphatic heterocycles. The van der Waals surface area contributed by atoms with Crippen molar-refractivity contribution in [2.24, 2.45) is 0 Å². The molecule has 3 nitrogen and oxygen atoms in total. The summed E-state index contributed by atoms with van der Waals surface area (Å²) in [5, 5.41) is 8.66. The summed E-state index contributed by atoms with van der Waals surface area (Å²) in [5.74, 6) is -0.141. The molecule has 0 saturated heterocycles. The molecule has 0 aliphatic rings. The van der Waals surface area contributed by atoms with Gasteiger partial charge in [-0.25, -0.2) is 0 Å². The summed E-state index contributed by atoms with van der Waals surface area (Å²) in [7, 11) is 0. The van der Waals surface area contributed by atoms with Crippen molar-refractivity contribution in [1.82, 2.24) is 0 Å². The second kappa shape index (κ2) is 13.1. The monoisotopic (exact) mass is 304 g/mol. The molecule has 0 radical (unpaired) electrons. The van der Waals surface area contributed by atoms with Crippen molar-refractivity contribution in [1.29, 1.82) is 0 Å². The molecule has 3 heteroatoms. The van der Waals surface area contributed by atoms with Crippen LogP contribution in [0.25, 0.3) is 0 Å². The Morgan fingerprint density at radius 1 is 0.955 bits per heavy atom. The van der Waals surface area contributed by atoms with E-state index in [2.05, 4.69) is 12.2 Å². The molecule has 0 aliphatic carbocycles. The Morgan fingerprint density at radius 2 is 1.64 bits per heavy atom. The third kappa shape index (κ3) is 10.2. The van der Waals surface area contributed by atoms with Crippen LogP contribution in [-0.2, 0) is 16.1 Å². The van der Waals surface area contributed by atoms with E-state index in [0.717, 1.165) is 31.2 Å². The van der Waals surface area contributed by atoms with E-state index in [4.69, 9.17) is 9.84 Å². The topological polar surface area (TPSA) is 46.5 Å². The molecule has 0 fully saturated rings. The lowest BCUT2D eigenvalue weighted by atomic mass is 10.1. The molecule has 0 bridgehead atoms. The number of esters is 1. The number of hydrogen-bond acceptors (Lipinski definition) is 3. The van der Waals surface area contributed by atoms with Crippen molar-refractivity contribution in [3.8, 4) is 0 Å². The van der Waals surface area contributed by atoms with Gasteiger partial charge in [-0.15, -0.1) is 0 Å². The smallest absolute Gasteiger partial charge is 0.306 e. The maximum absolute atomic E-state index is 11.6. The third-order valence-corrected chi connectivity index (χ3v) is 3.45. The number of benzene rings is 1. The van der Waals surface area contributed by atoms with Crippen molar-refractivity contribution in [2.45, 2.75) is 58.0 Å². The van der Waals surface area contributed by atoms with Gasteiger partial charge >= 0.3 is 5.97 Å². The third-order valence-electron chi connectivity index (χ3n) is 3.45. The molecule has 0 amide bonds. The van der Waals surface area contributed by atoms with E-state index in [1.807, 2.05) is 30.3 Å². The molecule has 1 aromatic carbocycles. The first-order chi connectivity index (χ1) is 10.8. The first-order valence-corrected chi connectivity index (χ1v) is 8.28. The zero-order valence-corrected chi connectivity index (χ0v) is 13.4. The van der Waals surface area contributed by atoms with E-state index >= 15 is 0 Å². The maximum Gasteiger partial charge on any atom is 0.306 e. The molecule has 0 unspecified atom stereocenters. The predicted molar refractivity (Wildman–Crippen MR) is 89.4 cm³/mol. The Balaban J connectivity index is 1.95. The van der Waals surface area contributed by atoms with E-state index in [1.54, 1.807) is 0 Å². The summed E-state index contributed by atoms with van der Waals surface area (Å²) in [5.41, 5.74) is 1.02. The molecule has 0 aromatic heterocycles. The number of carbonyl (C=O) groups excluding carboxylic acids is 1. The van der Waals surface area contributed by atoms with Crippen molar-refractivity contribution < 1.29 is 14.6 Å². The fraction of sp³-hybridized carbons (Fsp3) is 0.526. The van der Waals surface area contributed by atoms with E-state index in [-0.39, 0.29) is 5.97 Å². The maximum atomic E-state index is 11.6. The Bertz CT molecular complexity index is 412. The van der Waals surface area contributed by atoms with Crippen LogP contribution in [0.3, 0.4) is 0 Å². The molecular formula is C19H28O3. The van der Waals surface area contributed by atoms with E-state index in [9.17, 15) is 4.79 Å². The van der Waals surface area contributed by atoms with Gasteiger partial charge in [0.15, 0.2) is 0 Å². The quantitative estimate of drug-likeness (QED) is 0.354. The normalized spacial score (nSPS) is 11.0. The minimum Gasteiger partial charge on any atom is -0.461 e. The average molecular weight is 304 g/mol. The Kier molecular flexibility index (Phi) is 11.0. The summed E-state index contributed by atoms with van der Waals surface area (Å²) in [6, 6.07) is 9.73. The van der Waals surface area contributed by atoms with Crippen LogP contribution in [0.1, 0.15) is 56.9 Å². The SMILES string of the molecule is O=C(CC/C=C/CCCCCCCO)OCc1ccccc1. The minimum atomic E-state index is -0.141. The molecule has 1 N–H and O–H groups in total. The second-order valence-corrected chi connectivity index (χ2v) is 5.44. The highest BCUT2D eigenvalue weighted by molar-refractivity contribution is 5.69. The summed E-state index contributed by atoms with van der Waals surface area (Å²) in [4.78, 5) is 11.6. The van der Waals surface area contributed by atoms with E-state index < -0.39 is 0 Å². The molecule has 1 rings (SSSR count). The van der Waals surface area contributed by atoms with Gasteiger partial charge in [0.25, 0.3) is 0 Å². The van der Waals surface area contributed by atoms with Crippen molar-refractivity contribution in [3.05, 3.63) is 48.0 Å². The van der Waals surface area contributed by atoms with Gasteiger partial charge in [-0.3, -0.25) is 4.79 Å². The van der Waals surface area contributed by atoms with Crippen molar-refractivity contribution in [2.75, 3.05) is 6.61 Å². The predicted octanol–water partition coefficient (Wildman–Crippen LogP) is 4.40. The Labute approximate surface area is 134 Å². The lowest BCUT2D eigenvalue weighted by molar-refractivity contribution is -0.144. The molecule has 0 atom stereocenters. The van der Waals surface area contributed by atoms with Crippen LogP contribution in [0.5, 0.6) is 0 Å². The largest absolute Gasteiger partial charge is 0.461 e. The minimum absolute atomic E-state index is 0.141. The number of ether oxygens (including phenoxy) is 1. The van der Waals surface area contributed by atoms with Gasteiger partial charge in [-0.2, -0.15) is 0 Å². The highest BCUT2D eigenvalue weighted by atomic mass is 16.5. The van der Waals surface area contributed by atoms with Gasteiger partial charge in [0, 0.05) is 13.0 Å². The number of unbranched alkanes of at least 4 members (excludes halogenated alkanes) is 5. The number of rotatable bonds is 12. The lowest BCUT2D eigenvalue weighted by Gasteiger charge is -2.03. The van der Waals surface area contributed by atoms with Crippen LogP contribution in [0.15, 0.2) is 42.5 Å². The Morgan fingerprint density at radius 3 is 2.41 bits per heavy atom. The second-order valence-electron chi connectivity index (χ2n) is 5.44. The van der Waals surface area contributed by atoms with Crippen molar-refractivity contribution in [3.63, 3.8) is 0 Å². The highest BCUT2D eigenvalue weighted by Crippen LogP contribution is 2.07. The van der Waals surface area contributed by atoms with Gasteiger partial charge in [0.05, 0.1) is 0 Å². The summed E-state index contributed by atoms with van der Waals surface area (Å²) < 4.78 is 5.22. The number of aliphatic hydroxyl groups is 1. The van der Waals surface area contributed by atoms with Gasteiger partial charge in [0.1, 0.15) is 6.61 Å². The molecule has 1 aromatic rings. The zero-order chi connectivity index (χ0) is 15.9. The molecule has 0 heterocycles. The lowest BCUT2D eigenvalue weighted by Crippen LogP contribution is -2.03. The van der Waals surface area contributed by atoms with Crippen LogP contribution in [0.2, 0.25) is 0 Å². The number of allylic oxidation sites excluding steroid dienone is 2. The van der Waals surface area contributed by atoms with Gasteiger partial charge in [-0.05, 0) is 31.2 Å².